The largest absolute Gasteiger partial charge is 0.493 e. The normalized spacial score (nSPS) is 12.9. The molecule has 0 atom stereocenters. The zero-order chi connectivity index (χ0) is 13.7. The molecule has 1 amide bonds. The van der Waals surface area contributed by atoms with E-state index in [1.165, 1.54) is 5.56 Å². The lowest BCUT2D eigenvalue weighted by atomic mass is 10.1. The molecule has 0 radical (unpaired) electrons. The van der Waals surface area contributed by atoms with Gasteiger partial charge in [-0.25, -0.2) is 0 Å². The van der Waals surface area contributed by atoms with E-state index in [9.17, 15) is 4.79 Å². The summed E-state index contributed by atoms with van der Waals surface area (Å²) in [6, 6.07) is 3.88. The second-order valence-corrected chi connectivity index (χ2v) is 4.97. The van der Waals surface area contributed by atoms with Gasteiger partial charge in [0.05, 0.1) is 6.61 Å². The van der Waals surface area contributed by atoms with E-state index in [2.05, 4.69) is 10.6 Å². The average Bonchev–Trinajstić information content (AvgIpc) is 2.82. The van der Waals surface area contributed by atoms with Gasteiger partial charge in [0.25, 0.3) is 0 Å². The molecule has 2 N–H and O–H groups in total. The van der Waals surface area contributed by atoms with Crippen LogP contribution in [-0.2, 0) is 17.8 Å². The minimum atomic E-state index is 0.0718. The van der Waals surface area contributed by atoms with Crippen molar-refractivity contribution in [1.82, 2.24) is 10.6 Å². The van der Waals surface area contributed by atoms with Crippen molar-refractivity contribution < 1.29 is 9.53 Å². The molecular weight excluding hydrogens is 264 g/mol. The molecule has 0 aliphatic carbocycles. The van der Waals surface area contributed by atoms with Crippen LogP contribution in [0.25, 0.3) is 0 Å². The Hall–Kier alpha value is -1.26. The van der Waals surface area contributed by atoms with Crippen LogP contribution in [0.3, 0.4) is 0 Å². The summed E-state index contributed by atoms with van der Waals surface area (Å²) in [5.41, 5.74) is 2.24. The molecule has 1 aliphatic heterocycles. The summed E-state index contributed by atoms with van der Waals surface area (Å²) in [6.45, 7) is 4.63. The Morgan fingerprint density at radius 1 is 1.47 bits per heavy atom. The van der Waals surface area contributed by atoms with Crippen LogP contribution in [0.5, 0.6) is 5.75 Å². The molecule has 0 fully saturated rings. The van der Waals surface area contributed by atoms with Crippen molar-refractivity contribution in [2.75, 3.05) is 19.7 Å². The fourth-order valence-electron chi connectivity index (χ4n) is 2.19. The van der Waals surface area contributed by atoms with E-state index in [0.717, 1.165) is 29.4 Å². The van der Waals surface area contributed by atoms with Crippen molar-refractivity contribution in [2.45, 2.75) is 26.3 Å². The van der Waals surface area contributed by atoms with Crippen molar-refractivity contribution in [1.29, 1.82) is 0 Å². The third-order valence-electron chi connectivity index (χ3n) is 3.04. The van der Waals surface area contributed by atoms with Crippen LogP contribution in [0.4, 0.5) is 0 Å². The number of fused-ring (bicyclic) bond motifs is 1. The van der Waals surface area contributed by atoms with Gasteiger partial charge < -0.3 is 15.4 Å². The molecule has 0 aromatic heterocycles. The fraction of sp³-hybridized carbons (Fsp3) is 0.500. The monoisotopic (exact) mass is 282 g/mol. The van der Waals surface area contributed by atoms with E-state index < -0.39 is 0 Å². The SMILES string of the molecule is CCNC(=O)CCNCc1cc(Cl)cc2c1OCC2. The molecule has 19 heavy (non-hydrogen) atoms. The molecule has 1 aromatic rings. The van der Waals surface area contributed by atoms with Crippen molar-refractivity contribution in [3.8, 4) is 5.75 Å². The molecule has 0 spiro atoms. The van der Waals surface area contributed by atoms with Crippen molar-refractivity contribution in [3.63, 3.8) is 0 Å². The number of hydrogen-bond acceptors (Lipinski definition) is 3. The summed E-state index contributed by atoms with van der Waals surface area (Å²) in [7, 11) is 0. The van der Waals surface area contributed by atoms with E-state index in [1.807, 2.05) is 19.1 Å². The topological polar surface area (TPSA) is 50.4 Å². The van der Waals surface area contributed by atoms with Gasteiger partial charge in [-0.2, -0.15) is 0 Å². The van der Waals surface area contributed by atoms with Crippen LogP contribution in [-0.4, -0.2) is 25.6 Å². The summed E-state index contributed by atoms with van der Waals surface area (Å²) < 4.78 is 5.62. The molecule has 1 aromatic carbocycles. The van der Waals surface area contributed by atoms with Crippen LogP contribution < -0.4 is 15.4 Å². The quantitative estimate of drug-likeness (QED) is 0.784. The van der Waals surface area contributed by atoms with Gasteiger partial charge in [-0.3, -0.25) is 4.79 Å². The highest BCUT2D eigenvalue weighted by molar-refractivity contribution is 6.30. The second-order valence-electron chi connectivity index (χ2n) is 4.53. The standard InChI is InChI=1S/C14H19ClN2O2/c1-2-17-13(18)3-5-16-9-11-8-12(15)7-10-4-6-19-14(10)11/h7-8,16H,2-6,9H2,1H3,(H,17,18). The first kappa shape index (κ1) is 14.2. The molecular formula is C14H19ClN2O2. The van der Waals surface area contributed by atoms with Crippen LogP contribution in [0.2, 0.25) is 5.02 Å². The lowest BCUT2D eigenvalue weighted by Crippen LogP contribution is -2.27. The maximum Gasteiger partial charge on any atom is 0.221 e. The van der Waals surface area contributed by atoms with Gasteiger partial charge in [0.1, 0.15) is 5.75 Å². The Balaban J connectivity index is 1.85. The smallest absolute Gasteiger partial charge is 0.221 e. The molecule has 5 heteroatoms. The minimum Gasteiger partial charge on any atom is -0.493 e. The molecule has 104 valence electrons. The van der Waals surface area contributed by atoms with Crippen LogP contribution in [0.1, 0.15) is 24.5 Å². The third-order valence-corrected chi connectivity index (χ3v) is 3.26. The van der Waals surface area contributed by atoms with E-state index in [0.29, 0.717) is 26.1 Å². The molecule has 0 bridgehead atoms. The van der Waals surface area contributed by atoms with Crippen LogP contribution in [0.15, 0.2) is 12.1 Å². The van der Waals surface area contributed by atoms with E-state index in [-0.39, 0.29) is 5.91 Å². The summed E-state index contributed by atoms with van der Waals surface area (Å²) in [4.78, 5) is 11.3. The Morgan fingerprint density at radius 2 is 2.32 bits per heavy atom. The van der Waals surface area contributed by atoms with Gasteiger partial charge in [-0.05, 0) is 24.6 Å². The first-order chi connectivity index (χ1) is 9.20. The Labute approximate surface area is 118 Å². The zero-order valence-corrected chi connectivity index (χ0v) is 11.8. The number of benzene rings is 1. The molecule has 0 saturated heterocycles. The lowest BCUT2D eigenvalue weighted by Gasteiger charge is -2.10. The van der Waals surface area contributed by atoms with E-state index >= 15 is 0 Å². The number of hydrogen-bond donors (Lipinski definition) is 2. The molecule has 0 saturated carbocycles. The summed E-state index contributed by atoms with van der Waals surface area (Å²) in [5.74, 6) is 1.03. The third kappa shape index (κ3) is 3.85. The van der Waals surface area contributed by atoms with E-state index in [4.69, 9.17) is 16.3 Å². The molecule has 1 aliphatic rings. The van der Waals surface area contributed by atoms with Gasteiger partial charge in [0.15, 0.2) is 0 Å². The Kier molecular flexibility index (Phi) is 5.05. The second kappa shape index (κ2) is 6.78. The van der Waals surface area contributed by atoms with Gasteiger partial charge in [0, 0.05) is 43.1 Å². The lowest BCUT2D eigenvalue weighted by molar-refractivity contribution is -0.120. The molecule has 0 unspecified atom stereocenters. The maximum atomic E-state index is 11.3. The first-order valence-electron chi connectivity index (χ1n) is 6.62. The van der Waals surface area contributed by atoms with Crippen molar-refractivity contribution >= 4 is 17.5 Å². The highest BCUT2D eigenvalue weighted by Gasteiger charge is 2.17. The fourth-order valence-corrected chi connectivity index (χ4v) is 2.45. The van der Waals surface area contributed by atoms with Crippen molar-refractivity contribution in [3.05, 3.63) is 28.3 Å². The number of amides is 1. The Morgan fingerprint density at radius 3 is 3.11 bits per heavy atom. The summed E-state index contributed by atoms with van der Waals surface area (Å²) in [5, 5.41) is 6.76. The van der Waals surface area contributed by atoms with Gasteiger partial charge in [-0.1, -0.05) is 11.6 Å². The van der Waals surface area contributed by atoms with Crippen molar-refractivity contribution in [2.24, 2.45) is 0 Å². The van der Waals surface area contributed by atoms with Crippen LogP contribution in [0, 0.1) is 0 Å². The zero-order valence-electron chi connectivity index (χ0n) is 11.1. The number of rotatable bonds is 6. The van der Waals surface area contributed by atoms with Crippen LogP contribution >= 0.6 is 11.6 Å². The predicted octanol–water partition coefficient (Wildman–Crippen LogP) is 1.89. The summed E-state index contributed by atoms with van der Waals surface area (Å²) >= 11 is 6.09. The highest BCUT2D eigenvalue weighted by atomic mass is 35.5. The number of halogens is 1. The number of carbonyl (C=O) groups excluding carboxylic acids is 1. The first-order valence-corrected chi connectivity index (χ1v) is 7.00. The van der Waals surface area contributed by atoms with Gasteiger partial charge in [0.2, 0.25) is 5.91 Å². The summed E-state index contributed by atoms with van der Waals surface area (Å²) in [6.07, 6.45) is 1.40. The van der Waals surface area contributed by atoms with Gasteiger partial charge in [-0.15, -0.1) is 0 Å². The van der Waals surface area contributed by atoms with E-state index in [1.54, 1.807) is 0 Å². The number of ether oxygens (including phenoxy) is 1. The molecule has 1 heterocycles. The number of carbonyl (C=O) groups is 1. The maximum absolute atomic E-state index is 11.3. The average molecular weight is 283 g/mol. The number of nitrogens with one attached hydrogen (secondary N) is 2. The highest BCUT2D eigenvalue weighted by Crippen LogP contribution is 2.32. The Bertz CT molecular complexity index is 463. The minimum absolute atomic E-state index is 0.0718. The molecule has 4 nitrogen and oxygen atoms in total. The predicted molar refractivity (Wildman–Crippen MR) is 75.7 cm³/mol. The molecule has 2 rings (SSSR count). The van der Waals surface area contributed by atoms with Gasteiger partial charge >= 0.3 is 0 Å².